The van der Waals surface area contributed by atoms with Gasteiger partial charge in [-0.1, -0.05) is 56.3 Å². The number of aryl methyl sites for hydroxylation is 1. The fraction of sp³-hybridized carbons (Fsp3) is 0.238. The first kappa shape index (κ1) is 16.1. The van der Waals surface area contributed by atoms with E-state index in [-0.39, 0.29) is 0 Å². The van der Waals surface area contributed by atoms with Gasteiger partial charge in [-0.05, 0) is 55.7 Å². The molecule has 0 radical (unpaired) electrons. The van der Waals surface area contributed by atoms with Crippen molar-refractivity contribution in [3.63, 3.8) is 0 Å². The van der Waals surface area contributed by atoms with E-state index < -0.39 is 0 Å². The van der Waals surface area contributed by atoms with Crippen LogP contribution in [0.5, 0.6) is 0 Å². The Morgan fingerprint density at radius 1 is 1.00 bits per heavy atom. The third-order valence-corrected chi connectivity index (χ3v) is 3.79. The van der Waals surface area contributed by atoms with Crippen LogP contribution >= 0.6 is 0 Å². The van der Waals surface area contributed by atoms with Gasteiger partial charge < -0.3 is 4.90 Å². The Bertz CT molecular complexity index is 608. The van der Waals surface area contributed by atoms with Crippen LogP contribution in [0.25, 0.3) is 0 Å². The largest absolute Gasteiger partial charge is 0.311 e. The van der Waals surface area contributed by atoms with Crippen LogP contribution in [0.4, 0.5) is 11.4 Å². The average Bonchev–Trinajstić information content (AvgIpc) is 2.59. The van der Waals surface area contributed by atoms with E-state index in [4.69, 9.17) is 0 Å². The highest BCUT2D eigenvalue weighted by Crippen LogP contribution is 2.30. The molecule has 0 unspecified atom stereocenters. The number of unbranched alkanes of at least 4 members (excludes halogenated alkanes) is 1. The first-order chi connectivity index (χ1) is 10.8. The van der Waals surface area contributed by atoms with Gasteiger partial charge in [0.25, 0.3) is 0 Å². The van der Waals surface area contributed by atoms with E-state index in [0.717, 1.165) is 17.8 Å². The van der Waals surface area contributed by atoms with Crippen LogP contribution in [-0.2, 0) is 6.42 Å². The normalized spacial score (nSPS) is 11.3. The second-order valence-electron chi connectivity index (χ2n) is 5.36. The molecule has 114 valence electrons. The third-order valence-electron chi connectivity index (χ3n) is 3.79. The Hall–Kier alpha value is -2.28. The van der Waals surface area contributed by atoms with Crippen LogP contribution in [-0.4, -0.2) is 0 Å². The number of para-hydroxylation sites is 1. The molecule has 0 aliphatic heterocycles. The number of allylic oxidation sites excluding steroid dienone is 2. The summed E-state index contributed by atoms with van der Waals surface area (Å²) in [7, 11) is 0. The lowest BCUT2D eigenvalue weighted by atomic mass is 10.1. The smallest absolute Gasteiger partial charge is 0.0461 e. The number of hydrogen-bond donors (Lipinski definition) is 0. The second kappa shape index (κ2) is 8.23. The van der Waals surface area contributed by atoms with Crippen molar-refractivity contribution in [3.05, 3.63) is 84.6 Å². The van der Waals surface area contributed by atoms with Crippen LogP contribution in [0.15, 0.2) is 79.0 Å². The third kappa shape index (κ3) is 3.88. The first-order valence-corrected chi connectivity index (χ1v) is 8.03. The summed E-state index contributed by atoms with van der Waals surface area (Å²) in [5.41, 5.74) is 4.81. The number of hydrogen-bond acceptors (Lipinski definition) is 1. The van der Waals surface area contributed by atoms with Crippen molar-refractivity contribution in [1.82, 2.24) is 0 Å². The van der Waals surface area contributed by atoms with Crippen molar-refractivity contribution in [2.45, 2.75) is 33.1 Å². The standard InChI is InChI=1S/C21H25N/c1-4-7-11-18-14-16-21(17-15-18)22(19(5-2)6-3)20-12-9-8-10-13-20/h5-6,8-10,12-17H,2,4,7,11H2,1,3H3. The van der Waals surface area contributed by atoms with E-state index in [1.54, 1.807) is 0 Å². The summed E-state index contributed by atoms with van der Waals surface area (Å²) in [4.78, 5) is 2.23. The summed E-state index contributed by atoms with van der Waals surface area (Å²) in [6.07, 6.45) is 7.62. The number of rotatable bonds is 7. The Morgan fingerprint density at radius 2 is 1.64 bits per heavy atom. The fourth-order valence-corrected chi connectivity index (χ4v) is 2.56. The maximum Gasteiger partial charge on any atom is 0.0461 e. The van der Waals surface area contributed by atoms with Crippen molar-refractivity contribution >= 4 is 11.4 Å². The monoisotopic (exact) mass is 291 g/mol. The Kier molecular flexibility index (Phi) is 6.02. The number of benzene rings is 2. The summed E-state index contributed by atoms with van der Waals surface area (Å²) >= 11 is 0. The van der Waals surface area contributed by atoms with Crippen LogP contribution in [0.3, 0.4) is 0 Å². The van der Waals surface area contributed by atoms with Crippen LogP contribution < -0.4 is 4.90 Å². The lowest BCUT2D eigenvalue weighted by molar-refractivity contribution is 0.795. The molecular weight excluding hydrogens is 266 g/mol. The lowest BCUT2D eigenvalue weighted by Gasteiger charge is -2.26. The maximum atomic E-state index is 3.95. The van der Waals surface area contributed by atoms with Gasteiger partial charge >= 0.3 is 0 Å². The van der Waals surface area contributed by atoms with Gasteiger partial charge in [0, 0.05) is 17.1 Å². The van der Waals surface area contributed by atoms with Gasteiger partial charge in [0.1, 0.15) is 0 Å². The number of nitrogens with zero attached hydrogens (tertiary/aromatic N) is 1. The van der Waals surface area contributed by atoms with E-state index in [9.17, 15) is 0 Å². The highest BCUT2D eigenvalue weighted by Gasteiger charge is 2.11. The van der Waals surface area contributed by atoms with Crippen molar-refractivity contribution in [1.29, 1.82) is 0 Å². The molecule has 0 saturated heterocycles. The van der Waals surface area contributed by atoms with Gasteiger partial charge in [-0.25, -0.2) is 0 Å². The Balaban J connectivity index is 2.35. The average molecular weight is 291 g/mol. The van der Waals surface area contributed by atoms with Gasteiger partial charge in [-0.2, -0.15) is 0 Å². The first-order valence-electron chi connectivity index (χ1n) is 8.03. The van der Waals surface area contributed by atoms with Gasteiger partial charge in [0.15, 0.2) is 0 Å². The molecule has 1 nitrogen and oxygen atoms in total. The van der Waals surface area contributed by atoms with Crippen molar-refractivity contribution in [3.8, 4) is 0 Å². The second-order valence-corrected chi connectivity index (χ2v) is 5.36. The molecular formula is C21H25N. The predicted molar refractivity (Wildman–Crippen MR) is 97.6 cm³/mol. The molecule has 0 saturated carbocycles. The van der Waals surface area contributed by atoms with Crippen molar-refractivity contribution in [2.24, 2.45) is 0 Å². The highest BCUT2D eigenvalue weighted by atomic mass is 15.1. The summed E-state index contributed by atoms with van der Waals surface area (Å²) in [5, 5.41) is 0. The van der Waals surface area contributed by atoms with Crippen LogP contribution in [0.1, 0.15) is 32.3 Å². The van der Waals surface area contributed by atoms with Crippen LogP contribution in [0, 0.1) is 0 Å². The van der Waals surface area contributed by atoms with Gasteiger partial charge in [-0.15, -0.1) is 0 Å². The summed E-state index contributed by atoms with van der Waals surface area (Å²) in [5.74, 6) is 0. The molecule has 0 heterocycles. The number of anilines is 2. The molecule has 0 aliphatic rings. The van der Waals surface area contributed by atoms with E-state index in [1.807, 2.05) is 19.1 Å². The lowest BCUT2D eigenvalue weighted by Crippen LogP contribution is -2.14. The molecule has 0 aliphatic carbocycles. The molecule has 2 aromatic carbocycles. The minimum absolute atomic E-state index is 1.09. The van der Waals surface area contributed by atoms with Gasteiger partial charge in [-0.3, -0.25) is 0 Å². The molecule has 0 aromatic heterocycles. The Labute approximate surface area is 134 Å². The molecule has 22 heavy (non-hydrogen) atoms. The zero-order valence-corrected chi connectivity index (χ0v) is 13.6. The highest BCUT2D eigenvalue weighted by molar-refractivity contribution is 5.69. The zero-order valence-electron chi connectivity index (χ0n) is 13.6. The van der Waals surface area contributed by atoms with E-state index in [2.05, 4.69) is 73.0 Å². The fourth-order valence-electron chi connectivity index (χ4n) is 2.56. The molecule has 2 aromatic rings. The van der Waals surface area contributed by atoms with Crippen molar-refractivity contribution in [2.75, 3.05) is 4.90 Å². The summed E-state index contributed by atoms with van der Waals surface area (Å²) in [6, 6.07) is 19.3. The van der Waals surface area contributed by atoms with E-state index >= 15 is 0 Å². The molecule has 1 heteroatoms. The molecule has 0 spiro atoms. The zero-order chi connectivity index (χ0) is 15.8. The Morgan fingerprint density at radius 3 is 2.18 bits per heavy atom. The quantitative estimate of drug-likeness (QED) is 0.544. The molecule has 0 N–H and O–H groups in total. The summed E-state index contributed by atoms with van der Waals surface area (Å²) < 4.78 is 0. The molecule has 0 atom stereocenters. The van der Waals surface area contributed by atoms with E-state index in [1.165, 1.54) is 24.1 Å². The topological polar surface area (TPSA) is 3.24 Å². The SMILES string of the molecule is C=CC(=CC)N(c1ccccc1)c1ccc(CCCC)cc1. The van der Waals surface area contributed by atoms with Gasteiger partial charge in [0.2, 0.25) is 0 Å². The molecule has 0 fully saturated rings. The molecule has 0 bridgehead atoms. The molecule has 0 amide bonds. The van der Waals surface area contributed by atoms with Gasteiger partial charge in [0.05, 0.1) is 0 Å². The van der Waals surface area contributed by atoms with Crippen molar-refractivity contribution < 1.29 is 0 Å². The van der Waals surface area contributed by atoms with E-state index in [0.29, 0.717) is 0 Å². The van der Waals surface area contributed by atoms with Crippen LogP contribution in [0.2, 0.25) is 0 Å². The molecule has 2 rings (SSSR count). The predicted octanol–water partition coefficient (Wildman–Crippen LogP) is 6.26. The minimum Gasteiger partial charge on any atom is -0.311 e. The maximum absolute atomic E-state index is 3.95. The minimum atomic E-state index is 1.09. The summed E-state index contributed by atoms with van der Waals surface area (Å²) in [6.45, 7) is 8.23.